The molecule has 2 aromatic rings. The number of nitrogens with one attached hydrogen (secondary N) is 2. The zero-order chi connectivity index (χ0) is 17.9. The molecule has 0 aliphatic heterocycles. The second-order valence-corrected chi connectivity index (χ2v) is 6.20. The summed E-state index contributed by atoms with van der Waals surface area (Å²) in [5.41, 5.74) is 0.0194. The number of nitro benzene ring substituents is 1. The normalized spacial score (nSPS) is 10.1. The Balaban J connectivity index is 2.14. The van der Waals surface area contributed by atoms with Crippen LogP contribution in [0.4, 0.5) is 11.4 Å². The van der Waals surface area contributed by atoms with Crippen molar-refractivity contribution in [3.8, 4) is 0 Å². The second kappa shape index (κ2) is 7.76. The van der Waals surface area contributed by atoms with Gasteiger partial charge in [0.1, 0.15) is 5.69 Å². The molecular formula is C14H8Cl3N3O3S. The third-order valence-electron chi connectivity index (χ3n) is 2.76. The van der Waals surface area contributed by atoms with E-state index in [1.165, 1.54) is 36.4 Å². The molecule has 2 rings (SSSR count). The summed E-state index contributed by atoms with van der Waals surface area (Å²) in [6.45, 7) is 0. The van der Waals surface area contributed by atoms with Crippen LogP contribution in [0.5, 0.6) is 0 Å². The van der Waals surface area contributed by atoms with E-state index in [1.54, 1.807) is 0 Å². The highest BCUT2D eigenvalue weighted by molar-refractivity contribution is 7.80. The van der Waals surface area contributed by atoms with Crippen LogP contribution in [0.3, 0.4) is 0 Å². The fourth-order valence-corrected chi connectivity index (χ4v) is 2.67. The molecule has 2 N–H and O–H groups in total. The molecule has 0 bridgehead atoms. The van der Waals surface area contributed by atoms with Gasteiger partial charge in [-0.15, -0.1) is 0 Å². The van der Waals surface area contributed by atoms with Crippen molar-refractivity contribution in [3.05, 3.63) is 67.1 Å². The van der Waals surface area contributed by atoms with E-state index >= 15 is 0 Å². The molecule has 124 valence electrons. The van der Waals surface area contributed by atoms with Crippen LogP contribution in [0.25, 0.3) is 0 Å². The lowest BCUT2D eigenvalue weighted by Gasteiger charge is -2.10. The van der Waals surface area contributed by atoms with Crippen molar-refractivity contribution < 1.29 is 9.72 Å². The number of thiocarbonyl (C=S) groups is 1. The van der Waals surface area contributed by atoms with E-state index in [0.29, 0.717) is 10.0 Å². The quantitative estimate of drug-likeness (QED) is 0.441. The molecule has 0 saturated carbocycles. The highest BCUT2D eigenvalue weighted by Gasteiger charge is 2.16. The number of nitrogens with zero attached hydrogens (tertiary/aromatic N) is 1. The van der Waals surface area contributed by atoms with Gasteiger partial charge in [0, 0.05) is 26.7 Å². The Bertz CT molecular complexity index is 825. The van der Waals surface area contributed by atoms with Gasteiger partial charge < -0.3 is 5.32 Å². The van der Waals surface area contributed by atoms with E-state index in [9.17, 15) is 14.9 Å². The first kappa shape index (κ1) is 18.4. The predicted octanol–water partition coefficient (Wildman–Crippen LogP) is 4.68. The number of carbonyl (C=O) groups excluding carboxylic acids is 1. The minimum absolute atomic E-state index is 0.0961. The lowest BCUT2D eigenvalue weighted by Crippen LogP contribution is -2.34. The van der Waals surface area contributed by atoms with Crippen LogP contribution in [-0.4, -0.2) is 15.9 Å². The Labute approximate surface area is 156 Å². The summed E-state index contributed by atoms with van der Waals surface area (Å²) in [6, 6.07) is 8.32. The van der Waals surface area contributed by atoms with Crippen LogP contribution < -0.4 is 10.6 Å². The Hall–Kier alpha value is -1.93. The maximum absolute atomic E-state index is 12.1. The third kappa shape index (κ3) is 4.78. The largest absolute Gasteiger partial charge is 0.327 e. The number of carbonyl (C=O) groups is 1. The van der Waals surface area contributed by atoms with Crippen LogP contribution in [-0.2, 0) is 0 Å². The summed E-state index contributed by atoms with van der Waals surface area (Å²) in [5, 5.41) is 16.7. The van der Waals surface area contributed by atoms with Crippen molar-refractivity contribution in [2.45, 2.75) is 0 Å². The SMILES string of the molecule is O=C(NC(=S)Nc1ccc(Cl)cc1[N+](=O)[O-])c1cc(Cl)cc(Cl)c1. The van der Waals surface area contributed by atoms with Crippen LogP contribution in [0.2, 0.25) is 15.1 Å². The van der Waals surface area contributed by atoms with Crippen molar-refractivity contribution in [3.63, 3.8) is 0 Å². The van der Waals surface area contributed by atoms with Gasteiger partial charge in [0.25, 0.3) is 11.6 Å². The van der Waals surface area contributed by atoms with E-state index in [-0.39, 0.29) is 27.1 Å². The van der Waals surface area contributed by atoms with E-state index in [1.807, 2.05) is 0 Å². The number of anilines is 1. The molecule has 2 aromatic carbocycles. The molecular weight excluding hydrogens is 397 g/mol. The van der Waals surface area contributed by atoms with Gasteiger partial charge in [0.2, 0.25) is 0 Å². The molecule has 0 spiro atoms. The van der Waals surface area contributed by atoms with Crippen LogP contribution in [0.15, 0.2) is 36.4 Å². The van der Waals surface area contributed by atoms with Crippen LogP contribution in [0, 0.1) is 10.1 Å². The van der Waals surface area contributed by atoms with Crippen molar-refractivity contribution in [1.29, 1.82) is 0 Å². The van der Waals surface area contributed by atoms with Gasteiger partial charge in [0.05, 0.1) is 4.92 Å². The first-order chi connectivity index (χ1) is 11.3. The van der Waals surface area contributed by atoms with E-state index in [0.717, 1.165) is 0 Å². The zero-order valence-corrected chi connectivity index (χ0v) is 14.8. The zero-order valence-electron chi connectivity index (χ0n) is 11.7. The molecule has 10 heteroatoms. The minimum Gasteiger partial charge on any atom is -0.327 e. The first-order valence-electron chi connectivity index (χ1n) is 6.28. The number of amides is 1. The molecule has 0 heterocycles. The molecule has 0 aromatic heterocycles. The number of nitro groups is 1. The average Bonchev–Trinajstić information content (AvgIpc) is 2.47. The van der Waals surface area contributed by atoms with E-state index in [4.69, 9.17) is 47.0 Å². The van der Waals surface area contributed by atoms with Crippen molar-refractivity contribution in [1.82, 2.24) is 5.32 Å². The fourth-order valence-electron chi connectivity index (χ4n) is 1.78. The monoisotopic (exact) mass is 403 g/mol. The maximum Gasteiger partial charge on any atom is 0.294 e. The molecule has 0 fully saturated rings. The summed E-state index contributed by atoms with van der Waals surface area (Å²) < 4.78 is 0. The fraction of sp³-hybridized carbons (Fsp3) is 0. The summed E-state index contributed by atoms with van der Waals surface area (Å²) in [6.07, 6.45) is 0. The van der Waals surface area contributed by atoms with E-state index in [2.05, 4.69) is 10.6 Å². The number of rotatable bonds is 3. The Morgan fingerprint density at radius 2 is 1.67 bits per heavy atom. The van der Waals surface area contributed by atoms with Gasteiger partial charge in [-0.25, -0.2) is 0 Å². The molecule has 0 unspecified atom stereocenters. The van der Waals surface area contributed by atoms with Gasteiger partial charge in [0.15, 0.2) is 5.11 Å². The summed E-state index contributed by atoms with van der Waals surface area (Å²) >= 11 is 22.4. The number of benzene rings is 2. The topological polar surface area (TPSA) is 84.3 Å². The molecule has 0 saturated heterocycles. The molecule has 0 radical (unpaired) electrons. The molecule has 0 atom stereocenters. The van der Waals surface area contributed by atoms with Crippen molar-refractivity contribution in [2.24, 2.45) is 0 Å². The predicted molar refractivity (Wildman–Crippen MR) is 98.3 cm³/mol. The van der Waals surface area contributed by atoms with Gasteiger partial charge in [-0.2, -0.15) is 0 Å². The standard InChI is InChI=1S/C14H8Cl3N3O3S/c15-8-1-2-11(12(6-8)20(22)23)18-14(24)19-13(21)7-3-9(16)5-10(17)4-7/h1-6H,(H2,18,19,21,24). The number of halogens is 3. The first-order valence-corrected chi connectivity index (χ1v) is 7.83. The molecule has 0 aliphatic carbocycles. The number of hydrogen-bond donors (Lipinski definition) is 2. The average molecular weight is 405 g/mol. The Kier molecular flexibility index (Phi) is 5.95. The highest BCUT2D eigenvalue weighted by Crippen LogP contribution is 2.27. The van der Waals surface area contributed by atoms with Crippen LogP contribution >= 0.6 is 47.0 Å². The molecule has 24 heavy (non-hydrogen) atoms. The summed E-state index contributed by atoms with van der Waals surface area (Å²) in [5.74, 6) is -0.562. The smallest absolute Gasteiger partial charge is 0.294 e. The lowest BCUT2D eigenvalue weighted by molar-refractivity contribution is -0.383. The second-order valence-electron chi connectivity index (χ2n) is 4.48. The van der Waals surface area contributed by atoms with Gasteiger partial charge in [-0.1, -0.05) is 34.8 Å². The Morgan fingerprint density at radius 1 is 1.04 bits per heavy atom. The van der Waals surface area contributed by atoms with Gasteiger partial charge in [-0.05, 0) is 42.5 Å². The lowest BCUT2D eigenvalue weighted by atomic mass is 10.2. The summed E-state index contributed by atoms with van der Waals surface area (Å²) in [7, 11) is 0. The summed E-state index contributed by atoms with van der Waals surface area (Å²) in [4.78, 5) is 22.5. The van der Waals surface area contributed by atoms with Gasteiger partial charge in [-0.3, -0.25) is 20.2 Å². The third-order valence-corrected chi connectivity index (χ3v) is 3.63. The van der Waals surface area contributed by atoms with Gasteiger partial charge >= 0.3 is 0 Å². The molecule has 0 aliphatic rings. The van der Waals surface area contributed by atoms with Crippen LogP contribution in [0.1, 0.15) is 10.4 Å². The van der Waals surface area contributed by atoms with Crippen molar-refractivity contribution in [2.75, 3.05) is 5.32 Å². The maximum atomic E-state index is 12.1. The van der Waals surface area contributed by atoms with E-state index < -0.39 is 10.8 Å². The molecule has 6 nitrogen and oxygen atoms in total. The Morgan fingerprint density at radius 3 is 2.25 bits per heavy atom. The van der Waals surface area contributed by atoms with Crippen molar-refractivity contribution >= 4 is 69.4 Å². The minimum atomic E-state index is -0.616. The number of hydrogen-bond acceptors (Lipinski definition) is 4. The highest BCUT2D eigenvalue weighted by atomic mass is 35.5. The molecule has 1 amide bonds.